The van der Waals surface area contributed by atoms with Crippen LogP contribution in [0.1, 0.15) is 11.1 Å². The summed E-state index contributed by atoms with van der Waals surface area (Å²) in [6.45, 7) is 1.90. The molecular formula is C32H28F4N4O2. The van der Waals surface area contributed by atoms with Crippen molar-refractivity contribution >= 4 is 22.5 Å². The van der Waals surface area contributed by atoms with E-state index < -0.39 is 24.1 Å². The minimum Gasteiger partial charge on any atom is -0.378 e. The number of aromatic amines is 1. The highest BCUT2D eigenvalue weighted by Gasteiger charge is 2.36. The maximum absolute atomic E-state index is 13.7. The summed E-state index contributed by atoms with van der Waals surface area (Å²) >= 11 is 0. The Balaban J connectivity index is 0.000000187. The number of halogens is 4. The average molecular weight is 577 g/mol. The molecule has 0 saturated carbocycles. The number of ether oxygens (including phenoxy) is 1. The Kier molecular flexibility index (Phi) is 8.53. The van der Waals surface area contributed by atoms with Crippen LogP contribution in [0.4, 0.5) is 23.2 Å². The van der Waals surface area contributed by atoms with Crippen LogP contribution in [0, 0.1) is 5.82 Å². The van der Waals surface area contributed by atoms with Crippen molar-refractivity contribution in [1.29, 1.82) is 0 Å². The van der Waals surface area contributed by atoms with Crippen LogP contribution in [0.3, 0.4) is 0 Å². The number of hydrogen-bond acceptors (Lipinski definition) is 4. The van der Waals surface area contributed by atoms with E-state index in [0.717, 1.165) is 22.8 Å². The zero-order valence-electron chi connectivity index (χ0n) is 22.5. The molecule has 1 saturated heterocycles. The first-order chi connectivity index (χ1) is 20.2. The molecule has 10 heteroatoms. The Bertz CT molecular complexity index is 1630. The second kappa shape index (κ2) is 12.4. The topological polar surface area (TPSA) is 84.2 Å². The molecule has 0 spiro atoms. The predicted molar refractivity (Wildman–Crippen MR) is 154 cm³/mol. The van der Waals surface area contributed by atoms with Gasteiger partial charge in [-0.25, -0.2) is 4.39 Å². The Morgan fingerprint density at radius 1 is 0.952 bits per heavy atom. The van der Waals surface area contributed by atoms with Gasteiger partial charge in [-0.3, -0.25) is 9.78 Å². The number of hydrogen-bond donors (Lipinski definition) is 2. The molecule has 0 unspecified atom stereocenters. The summed E-state index contributed by atoms with van der Waals surface area (Å²) in [7, 11) is 0. The zero-order chi connectivity index (χ0) is 29.7. The summed E-state index contributed by atoms with van der Waals surface area (Å²) in [5, 5.41) is 1.17. The first-order valence-electron chi connectivity index (χ1n) is 13.3. The summed E-state index contributed by atoms with van der Waals surface area (Å²) < 4.78 is 59.3. The normalized spacial score (nSPS) is 13.5. The Hall–Kier alpha value is -4.70. The van der Waals surface area contributed by atoms with Gasteiger partial charge >= 0.3 is 6.18 Å². The summed E-state index contributed by atoms with van der Waals surface area (Å²) in [6.07, 6.45) is -2.09. The number of fused-ring (bicyclic) bond motifs is 1. The summed E-state index contributed by atoms with van der Waals surface area (Å²) in [5.41, 5.74) is 8.60. The number of H-pyrrole nitrogens is 1. The van der Waals surface area contributed by atoms with Crippen LogP contribution in [0.15, 0.2) is 91.3 Å². The molecule has 3 aromatic carbocycles. The van der Waals surface area contributed by atoms with Gasteiger partial charge in [-0.05, 0) is 71.3 Å². The molecule has 1 amide bonds. The van der Waals surface area contributed by atoms with Crippen molar-refractivity contribution in [2.45, 2.75) is 12.6 Å². The van der Waals surface area contributed by atoms with E-state index in [-0.39, 0.29) is 11.4 Å². The molecular weight excluding hydrogens is 548 g/mol. The summed E-state index contributed by atoms with van der Waals surface area (Å²) in [4.78, 5) is 20.6. The standard InChI is InChI=1S/C18H18F3N3O2.C14H10FN/c19-18(20,21)16-9-13(24-4-6-26-7-5-24)8-14(15(16)10-17(22)25)12-2-1-3-23-11-12;15-12-7-5-10(6-8-12)14-9-11-3-1-2-4-13(11)16-14/h1-3,8-9,11H,4-7,10H2,(H2,22,25);1-9,16H. The van der Waals surface area contributed by atoms with Crippen LogP contribution in [0.25, 0.3) is 33.3 Å². The molecule has 3 heterocycles. The molecule has 0 atom stereocenters. The largest absolute Gasteiger partial charge is 0.416 e. The van der Waals surface area contributed by atoms with E-state index in [1.54, 1.807) is 30.3 Å². The maximum Gasteiger partial charge on any atom is 0.416 e. The Morgan fingerprint density at radius 2 is 1.69 bits per heavy atom. The van der Waals surface area contributed by atoms with Crippen molar-refractivity contribution in [3.8, 4) is 22.4 Å². The van der Waals surface area contributed by atoms with Gasteiger partial charge in [-0.15, -0.1) is 0 Å². The molecule has 5 aromatic rings. The van der Waals surface area contributed by atoms with Gasteiger partial charge in [0.1, 0.15) is 5.82 Å². The highest BCUT2D eigenvalue weighted by Crippen LogP contribution is 2.40. The third-order valence-electron chi connectivity index (χ3n) is 6.93. The number of nitrogens with zero attached hydrogens (tertiary/aromatic N) is 2. The minimum absolute atomic E-state index is 0.130. The van der Waals surface area contributed by atoms with Gasteiger partial charge in [0.25, 0.3) is 0 Å². The number of nitrogens with two attached hydrogens (primary N) is 1. The van der Waals surface area contributed by atoms with E-state index in [9.17, 15) is 22.4 Å². The van der Waals surface area contributed by atoms with Crippen LogP contribution in [-0.4, -0.2) is 42.2 Å². The number of pyridine rings is 1. The number of carbonyl (C=O) groups is 1. The molecule has 3 N–H and O–H groups in total. The van der Waals surface area contributed by atoms with Crippen molar-refractivity contribution in [3.05, 3.63) is 108 Å². The fourth-order valence-corrected chi connectivity index (χ4v) is 4.92. The van der Waals surface area contributed by atoms with Crippen molar-refractivity contribution in [1.82, 2.24) is 9.97 Å². The third kappa shape index (κ3) is 6.77. The van der Waals surface area contributed by atoms with Crippen LogP contribution < -0.4 is 10.6 Å². The highest BCUT2D eigenvalue weighted by molar-refractivity contribution is 5.86. The van der Waals surface area contributed by atoms with Crippen LogP contribution in [-0.2, 0) is 22.1 Å². The molecule has 0 aliphatic carbocycles. The lowest BCUT2D eigenvalue weighted by atomic mass is 9.92. The van der Waals surface area contributed by atoms with E-state index >= 15 is 0 Å². The average Bonchev–Trinajstić information content (AvgIpc) is 3.42. The molecule has 1 aliphatic rings. The first-order valence-corrected chi connectivity index (χ1v) is 13.3. The van der Waals surface area contributed by atoms with Gasteiger partial charge in [0.15, 0.2) is 0 Å². The first kappa shape index (κ1) is 28.8. The Labute approximate surface area is 239 Å². The molecule has 1 aliphatic heterocycles. The van der Waals surface area contributed by atoms with Crippen molar-refractivity contribution in [2.24, 2.45) is 5.73 Å². The van der Waals surface area contributed by atoms with Crippen LogP contribution in [0.5, 0.6) is 0 Å². The number of morpholine rings is 1. The number of para-hydroxylation sites is 1. The number of aromatic nitrogens is 2. The van der Waals surface area contributed by atoms with Crippen LogP contribution >= 0.6 is 0 Å². The fourth-order valence-electron chi connectivity index (χ4n) is 4.92. The van der Waals surface area contributed by atoms with E-state index in [0.29, 0.717) is 43.1 Å². The molecule has 6 rings (SSSR count). The van der Waals surface area contributed by atoms with Gasteiger partial charge in [0, 0.05) is 53.3 Å². The second-order valence-corrected chi connectivity index (χ2v) is 9.78. The second-order valence-electron chi connectivity index (χ2n) is 9.78. The number of rotatable bonds is 5. The summed E-state index contributed by atoms with van der Waals surface area (Å²) in [6, 6.07) is 22.7. The monoisotopic (exact) mass is 576 g/mol. The number of alkyl halides is 3. The number of primary amides is 1. The number of amides is 1. The molecule has 42 heavy (non-hydrogen) atoms. The third-order valence-corrected chi connectivity index (χ3v) is 6.93. The van der Waals surface area contributed by atoms with Gasteiger partial charge in [0.05, 0.1) is 25.2 Å². The SMILES string of the molecule is Fc1ccc(-c2cc3ccccc3[nH]2)cc1.NC(=O)Cc1c(-c2cccnc2)cc(N2CCOCC2)cc1C(F)(F)F. The zero-order valence-corrected chi connectivity index (χ0v) is 22.5. The maximum atomic E-state index is 13.7. The highest BCUT2D eigenvalue weighted by atomic mass is 19.4. The van der Waals surface area contributed by atoms with Crippen molar-refractivity contribution in [3.63, 3.8) is 0 Å². The van der Waals surface area contributed by atoms with Gasteiger partial charge in [-0.1, -0.05) is 24.3 Å². The number of carbonyl (C=O) groups excluding carboxylic acids is 1. The summed E-state index contributed by atoms with van der Waals surface area (Å²) in [5.74, 6) is -1.03. The minimum atomic E-state index is -4.61. The molecule has 216 valence electrons. The molecule has 1 fully saturated rings. The quantitative estimate of drug-likeness (QED) is 0.231. The number of nitrogens with one attached hydrogen (secondary N) is 1. The lowest BCUT2D eigenvalue weighted by Crippen LogP contribution is -2.36. The predicted octanol–water partition coefficient (Wildman–Crippen LogP) is 6.61. The van der Waals surface area contributed by atoms with Gasteiger partial charge in [-0.2, -0.15) is 13.2 Å². The molecule has 0 bridgehead atoms. The van der Waals surface area contributed by atoms with Gasteiger partial charge in [0.2, 0.25) is 5.91 Å². The Morgan fingerprint density at radius 3 is 2.33 bits per heavy atom. The van der Waals surface area contributed by atoms with Crippen molar-refractivity contribution in [2.75, 3.05) is 31.2 Å². The van der Waals surface area contributed by atoms with E-state index in [1.165, 1.54) is 29.9 Å². The van der Waals surface area contributed by atoms with E-state index in [2.05, 4.69) is 22.1 Å². The fraction of sp³-hybridized carbons (Fsp3) is 0.188. The van der Waals surface area contributed by atoms with Crippen molar-refractivity contribution < 1.29 is 27.1 Å². The molecule has 0 radical (unpaired) electrons. The number of benzene rings is 3. The number of anilines is 1. The smallest absolute Gasteiger partial charge is 0.378 e. The van der Waals surface area contributed by atoms with Crippen LogP contribution in [0.2, 0.25) is 0 Å². The molecule has 6 nitrogen and oxygen atoms in total. The lowest BCUT2D eigenvalue weighted by molar-refractivity contribution is -0.138. The van der Waals surface area contributed by atoms with E-state index in [4.69, 9.17) is 10.5 Å². The van der Waals surface area contributed by atoms with E-state index in [1.807, 2.05) is 23.1 Å². The van der Waals surface area contributed by atoms with Gasteiger partial charge < -0.3 is 20.4 Å². The molecule has 2 aromatic heterocycles. The lowest BCUT2D eigenvalue weighted by Gasteiger charge is -2.30.